The molecule has 0 radical (unpaired) electrons. The standard InChI is InChI=1S/C24H29N3O7S/c1-16-6-12-19(13-7-16)35(32,33)27-14-4-5-21(27)22(28)25-20(23(29)30)15-17-8-10-18(11-9-17)34-24(31)26(2)3/h6-13,20-21H,4-5,14-15H2,1-3H3,(H,25,28)(H,29,30). The number of amides is 2. The summed E-state index contributed by atoms with van der Waals surface area (Å²) in [4.78, 5) is 37.9. The first-order valence-electron chi connectivity index (χ1n) is 11.1. The molecule has 2 unspecified atom stereocenters. The van der Waals surface area contributed by atoms with Gasteiger partial charge in [-0.3, -0.25) is 4.79 Å². The predicted octanol–water partition coefficient (Wildman–Crippen LogP) is 2.02. The van der Waals surface area contributed by atoms with Crippen LogP contribution in [-0.2, 0) is 26.0 Å². The summed E-state index contributed by atoms with van der Waals surface area (Å²) in [5, 5.41) is 12.2. The summed E-state index contributed by atoms with van der Waals surface area (Å²) in [7, 11) is -0.805. The highest BCUT2D eigenvalue weighted by atomic mass is 32.2. The van der Waals surface area contributed by atoms with Gasteiger partial charge in [-0.25, -0.2) is 18.0 Å². The fraction of sp³-hybridized carbons (Fsp3) is 0.375. The van der Waals surface area contributed by atoms with Crippen molar-refractivity contribution in [3.05, 3.63) is 59.7 Å². The van der Waals surface area contributed by atoms with Crippen molar-refractivity contribution in [2.45, 2.75) is 43.2 Å². The lowest BCUT2D eigenvalue weighted by atomic mass is 10.1. The number of carbonyl (C=O) groups is 3. The molecular weight excluding hydrogens is 474 g/mol. The average molecular weight is 504 g/mol. The maximum atomic E-state index is 13.1. The van der Waals surface area contributed by atoms with Gasteiger partial charge in [0.15, 0.2) is 0 Å². The van der Waals surface area contributed by atoms with Gasteiger partial charge in [0.2, 0.25) is 15.9 Å². The molecule has 1 aliphatic heterocycles. The van der Waals surface area contributed by atoms with Crippen molar-refractivity contribution in [1.29, 1.82) is 0 Å². The predicted molar refractivity (Wildman–Crippen MR) is 128 cm³/mol. The van der Waals surface area contributed by atoms with Crippen molar-refractivity contribution in [2.75, 3.05) is 20.6 Å². The van der Waals surface area contributed by atoms with Gasteiger partial charge in [-0.1, -0.05) is 29.8 Å². The lowest BCUT2D eigenvalue weighted by Crippen LogP contribution is -2.51. The smallest absolute Gasteiger partial charge is 0.414 e. The second-order valence-corrected chi connectivity index (χ2v) is 10.5. The van der Waals surface area contributed by atoms with Crippen LogP contribution in [0.3, 0.4) is 0 Å². The molecule has 1 aliphatic rings. The molecule has 3 rings (SSSR count). The number of benzene rings is 2. The van der Waals surface area contributed by atoms with Crippen molar-refractivity contribution in [2.24, 2.45) is 0 Å². The molecule has 2 N–H and O–H groups in total. The Kier molecular flexibility index (Phi) is 8.13. The summed E-state index contributed by atoms with van der Waals surface area (Å²) < 4.78 is 32.5. The highest BCUT2D eigenvalue weighted by Crippen LogP contribution is 2.26. The number of nitrogens with zero attached hydrogens (tertiary/aromatic N) is 2. The van der Waals surface area contributed by atoms with Crippen LogP contribution in [0.25, 0.3) is 0 Å². The third-order valence-electron chi connectivity index (χ3n) is 5.68. The summed E-state index contributed by atoms with van der Waals surface area (Å²) in [5.41, 5.74) is 1.51. The minimum Gasteiger partial charge on any atom is -0.480 e. The maximum absolute atomic E-state index is 13.1. The van der Waals surface area contributed by atoms with Crippen LogP contribution in [0, 0.1) is 6.92 Å². The molecule has 0 aromatic heterocycles. The van der Waals surface area contributed by atoms with Crippen LogP contribution in [0.5, 0.6) is 5.75 Å². The Balaban J connectivity index is 1.69. The summed E-state index contributed by atoms with van der Waals surface area (Å²) in [5.74, 6) is -1.60. The molecule has 2 atom stereocenters. The average Bonchev–Trinajstić information content (AvgIpc) is 3.31. The molecule has 2 aromatic rings. The van der Waals surface area contributed by atoms with E-state index in [1.807, 2.05) is 6.92 Å². The molecular formula is C24H29N3O7S. The van der Waals surface area contributed by atoms with E-state index in [-0.39, 0.29) is 17.9 Å². The van der Waals surface area contributed by atoms with Crippen molar-refractivity contribution in [3.8, 4) is 5.75 Å². The quantitative estimate of drug-likeness (QED) is 0.563. The third-order valence-corrected chi connectivity index (χ3v) is 7.60. The summed E-state index contributed by atoms with van der Waals surface area (Å²) in [6.07, 6.45) is 0.221. The van der Waals surface area contributed by atoms with Crippen molar-refractivity contribution in [1.82, 2.24) is 14.5 Å². The second-order valence-electron chi connectivity index (χ2n) is 8.60. The molecule has 2 aromatic carbocycles. The molecule has 1 saturated heterocycles. The van der Waals surface area contributed by atoms with Crippen molar-refractivity contribution in [3.63, 3.8) is 0 Å². The topological polar surface area (TPSA) is 133 Å². The van der Waals surface area contributed by atoms with Gasteiger partial charge >= 0.3 is 12.1 Å². The van der Waals surface area contributed by atoms with Crippen LogP contribution >= 0.6 is 0 Å². The minimum absolute atomic E-state index is 0.0274. The molecule has 0 aliphatic carbocycles. The Morgan fingerprint density at radius 1 is 1.11 bits per heavy atom. The maximum Gasteiger partial charge on any atom is 0.414 e. The summed E-state index contributed by atoms with van der Waals surface area (Å²) in [6.45, 7) is 2.03. The first-order valence-corrected chi connectivity index (χ1v) is 12.5. The van der Waals surface area contributed by atoms with Crippen LogP contribution < -0.4 is 10.1 Å². The van der Waals surface area contributed by atoms with Crippen molar-refractivity contribution >= 4 is 28.0 Å². The van der Waals surface area contributed by atoms with E-state index in [1.165, 1.54) is 29.2 Å². The number of carboxylic acid groups (broad SMARTS) is 1. The number of carbonyl (C=O) groups excluding carboxylic acids is 2. The summed E-state index contributed by atoms with van der Waals surface area (Å²) in [6, 6.07) is 10.4. The van der Waals surface area contributed by atoms with Gasteiger partial charge in [0.05, 0.1) is 4.90 Å². The molecule has 0 spiro atoms. The number of ether oxygens (including phenoxy) is 1. The molecule has 35 heavy (non-hydrogen) atoms. The number of rotatable bonds is 8. The van der Waals surface area contributed by atoms with Gasteiger partial charge < -0.3 is 20.1 Å². The van der Waals surface area contributed by atoms with E-state index >= 15 is 0 Å². The molecule has 188 valence electrons. The third kappa shape index (κ3) is 6.37. The number of hydrogen-bond acceptors (Lipinski definition) is 6. The zero-order valence-electron chi connectivity index (χ0n) is 19.8. The number of sulfonamides is 1. The molecule has 10 nitrogen and oxygen atoms in total. The van der Waals surface area contributed by atoms with E-state index in [9.17, 15) is 27.9 Å². The molecule has 2 amide bonds. The van der Waals surface area contributed by atoms with E-state index < -0.39 is 40.1 Å². The first kappa shape index (κ1) is 26.2. The minimum atomic E-state index is -3.91. The first-order chi connectivity index (χ1) is 16.5. The van der Waals surface area contributed by atoms with Gasteiger partial charge in [-0.05, 0) is 49.6 Å². The van der Waals surface area contributed by atoms with E-state index in [0.29, 0.717) is 24.2 Å². The van der Waals surface area contributed by atoms with Crippen molar-refractivity contribution < 1.29 is 32.6 Å². The highest BCUT2D eigenvalue weighted by molar-refractivity contribution is 7.89. The normalized spacial score (nSPS) is 16.9. The zero-order chi connectivity index (χ0) is 25.8. The Bertz CT molecular complexity index is 1180. The SMILES string of the molecule is Cc1ccc(S(=O)(=O)N2CCCC2C(=O)NC(Cc2ccc(OC(=O)N(C)C)cc2)C(=O)O)cc1. The second kappa shape index (κ2) is 10.9. The Morgan fingerprint density at radius 3 is 2.31 bits per heavy atom. The number of nitrogens with one attached hydrogen (secondary N) is 1. The Morgan fingerprint density at radius 2 is 1.74 bits per heavy atom. The largest absolute Gasteiger partial charge is 0.480 e. The van der Waals surface area contributed by atoms with Gasteiger partial charge in [0.25, 0.3) is 0 Å². The van der Waals surface area contributed by atoms with E-state index in [0.717, 1.165) is 9.87 Å². The number of aliphatic carboxylic acids is 1. The fourth-order valence-electron chi connectivity index (χ4n) is 3.72. The van der Waals surface area contributed by atoms with Crippen LogP contribution in [0.15, 0.2) is 53.4 Å². The van der Waals surface area contributed by atoms with E-state index in [2.05, 4.69) is 5.32 Å². The van der Waals surface area contributed by atoms with Gasteiger partial charge in [0, 0.05) is 27.1 Å². The monoisotopic (exact) mass is 503 g/mol. The van der Waals surface area contributed by atoms with E-state index in [4.69, 9.17) is 4.74 Å². The number of aryl methyl sites for hydroxylation is 1. The van der Waals surface area contributed by atoms with Crippen LogP contribution in [0.1, 0.15) is 24.0 Å². The van der Waals surface area contributed by atoms with Crippen LogP contribution in [-0.4, -0.2) is 73.4 Å². The molecule has 11 heteroatoms. The number of carboxylic acids is 1. The lowest BCUT2D eigenvalue weighted by molar-refractivity contribution is -0.142. The summed E-state index contributed by atoms with van der Waals surface area (Å²) >= 11 is 0. The zero-order valence-corrected chi connectivity index (χ0v) is 20.6. The Hall–Kier alpha value is -3.44. The van der Waals surface area contributed by atoms with Gasteiger partial charge in [-0.2, -0.15) is 4.31 Å². The highest BCUT2D eigenvalue weighted by Gasteiger charge is 2.40. The molecule has 0 bridgehead atoms. The van der Waals surface area contributed by atoms with Crippen LogP contribution in [0.4, 0.5) is 4.79 Å². The Labute approximate surface area is 204 Å². The lowest BCUT2D eigenvalue weighted by Gasteiger charge is -2.25. The van der Waals surface area contributed by atoms with E-state index in [1.54, 1.807) is 38.4 Å². The number of hydrogen-bond donors (Lipinski definition) is 2. The fourth-order valence-corrected chi connectivity index (χ4v) is 5.38. The molecule has 1 heterocycles. The van der Waals surface area contributed by atoms with Crippen LogP contribution in [0.2, 0.25) is 0 Å². The van der Waals surface area contributed by atoms with Gasteiger partial charge in [0.1, 0.15) is 17.8 Å². The van der Waals surface area contributed by atoms with Gasteiger partial charge in [-0.15, -0.1) is 0 Å². The molecule has 0 saturated carbocycles. The molecule has 1 fully saturated rings.